The van der Waals surface area contributed by atoms with Crippen LogP contribution in [-0.4, -0.2) is 9.55 Å². The molecule has 2 heterocycles. The van der Waals surface area contributed by atoms with E-state index < -0.39 is 0 Å². The fourth-order valence-electron chi connectivity index (χ4n) is 2.29. The molecule has 3 aromatic rings. The van der Waals surface area contributed by atoms with Crippen molar-refractivity contribution >= 4 is 34.0 Å². The van der Waals surface area contributed by atoms with E-state index in [1.54, 1.807) is 11.3 Å². The molecule has 0 saturated carbocycles. The number of alkyl halides is 1. The molecule has 19 heavy (non-hydrogen) atoms. The van der Waals surface area contributed by atoms with Gasteiger partial charge in [-0.05, 0) is 53.4 Å². The molecule has 3 rings (SSSR count). The van der Waals surface area contributed by atoms with Crippen LogP contribution in [0.4, 0.5) is 0 Å². The Morgan fingerprint density at radius 2 is 2.11 bits per heavy atom. The van der Waals surface area contributed by atoms with Crippen LogP contribution in [-0.2, 0) is 12.4 Å². The molecule has 0 fully saturated rings. The van der Waals surface area contributed by atoms with Gasteiger partial charge in [0.05, 0.1) is 23.5 Å². The third-order valence-electron chi connectivity index (χ3n) is 3.39. The van der Waals surface area contributed by atoms with Crippen molar-refractivity contribution in [2.24, 2.45) is 0 Å². The Balaban J connectivity index is 2.13. The van der Waals surface area contributed by atoms with Crippen molar-refractivity contribution in [3.63, 3.8) is 0 Å². The second-order valence-corrected chi connectivity index (χ2v) is 5.83. The molecule has 0 saturated heterocycles. The van der Waals surface area contributed by atoms with Crippen LogP contribution in [0.5, 0.6) is 0 Å². The van der Waals surface area contributed by atoms with Crippen LogP contribution in [0.2, 0.25) is 0 Å². The van der Waals surface area contributed by atoms with Gasteiger partial charge in [0.1, 0.15) is 5.82 Å². The number of aromatic nitrogens is 2. The van der Waals surface area contributed by atoms with Gasteiger partial charge in [0, 0.05) is 0 Å². The van der Waals surface area contributed by atoms with E-state index in [2.05, 4.69) is 52.4 Å². The summed E-state index contributed by atoms with van der Waals surface area (Å²) in [5.74, 6) is 1.38. The van der Waals surface area contributed by atoms with Gasteiger partial charge in [-0.25, -0.2) is 4.98 Å². The number of hydrogen-bond acceptors (Lipinski definition) is 2. The Morgan fingerprint density at radius 1 is 1.26 bits per heavy atom. The highest BCUT2D eigenvalue weighted by Gasteiger charge is 2.11. The standard InChI is InChI=1S/C15H15ClN2S/c1-10-3-4-14-13(5-10)17-15(6-16)18(14)7-12-9-19-8-11(12)2/h3-5,8-9H,6-7H2,1-2H3. The highest BCUT2D eigenvalue weighted by atomic mass is 35.5. The van der Waals surface area contributed by atoms with Crippen LogP contribution in [0, 0.1) is 13.8 Å². The van der Waals surface area contributed by atoms with Crippen LogP contribution < -0.4 is 0 Å². The summed E-state index contributed by atoms with van der Waals surface area (Å²) in [5.41, 5.74) is 6.09. The molecular weight excluding hydrogens is 276 g/mol. The summed E-state index contributed by atoms with van der Waals surface area (Å²) in [6, 6.07) is 6.37. The normalized spacial score (nSPS) is 11.3. The fourth-order valence-corrected chi connectivity index (χ4v) is 3.34. The maximum absolute atomic E-state index is 6.04. The number of rotatable bonds is 3. The molecule has 0 atom stereocenters. The Kier molecular flexibility index (Phi) is 3.33. The SMILES string of the molecule is Cc1ccc2c(c1)nc(CCl)n2Cc1cscc1C. The van der Waals surface area contributed by atoms with Gasteiger partial charge in [-0.3, -0.25) is 0 Å². The van der Waals surface area contributed by atoms with Crippen LogP contribution in [0.15, 0.2) is 29.0 Å². The zero-order valence-electron chi connectivity index (χ0n) is 11.0. The van der Waals surface area contributed by atoms with E-state index in [0.717, 1.165) is 23.4 Å². The quantitative estimate of drug-likeness (QED) is 0.649. The summed E-state index contributed by atoms with van der Waals surface area (Å²) in [7, 11) is 0. The van der Waals surface area contributed by atoms with Crippen LogP contribution in [0.1, 0.15) is 22.5 Å². The lowest BCUT2D eigenvalue weighted by atomic mass is 10.2. The van der Waals surface area contributed by atoms with Gasteiger partial charge in [0.15, 0.2) is 0 Å². The molecule has 0 aliphatic rings. The maximum atomic E-state index is 6.04. The minimum atomic E-state index is 0.441. The fraction of sp³-hybridized carbons (Fsp3) is 0.267. The number of thiophene rings is 1. The van der Waals surface area contributed by atoms with Gasteiger partial charge >= 0.3 is 0 Å². The van der Waals surface area contributed by atoms with Crippen molar-refractivity contribution in [1.82, 2.24) is 9.55 Å². The van der Waals surface area contributed by atoms with E-state index in [0.29, 0.717) is 5.88 Å². The molecule has 1 aromatic carbocycles. The van der Waals surface area contributed by atoms with Crippen LogP contribution >= 0.6 is 22.9 Å². The minimum absolute atomic E-state index is 0.441. The van der Waals surface area contributed by atoms with Gasteiger partial charge in [-0.1, -0.05) is 6.07 Å². The first-order chi connectivity index (χ1) is 9.19. The smallest absolute Gasteiger partial charge is 0.125 e. The monoisotopic (exact) mass is 290 g/mol. The average molecular weight is 291 g/mol. The largest absolute Gasteiger partial charge is 0.322 e. The summed E-state index contributed by atoms with van der Waals surface area (Å²) in [5, 5.41) is 4.38. The van der Waals surface area contributed by atoms with E-state index in [1.165, 1.54) is 16.7 Å². The molecule has 0 unspecified atom stereocenters. The van der Waals surface area contributed by atoms with Gasteiger partial charge in [-0.15, -0.1) is 11.6 Å². The molecule has 98 valence electrons. The molecule has 0 amide bonds. The van der Waals surface area contributed by atoms with Crippen molar-refractivity contribution in [2.45, 2.75) is 26.3 Å². The summed E-state index contributed by atoms with van der Waals surface area (Å²) >= 11 is 7.79. The number of fused-ring (bicyclic) bond motifs is 1. The molecule has 0 aliphatic heterocycles. The van der Waals surface area contributed by atoms with E-state index in [4.69, 9.17) is 11.6 Å². The zero-order chi connectivity index (χ0) is 13.4. The number of hydrogen-bond donors (Lipinski definition) is 0. The van der Waals surface area contributed by atoms with Crippen LogP contribution in [0.3, 0.4) is 0 Å². The number of benzene rings is 1. The Hall–Kier alpha value is -1.32. The molecule has 2 nitrogen and oxygen atoms in total. The first kappa shape index (κ1) is 12.7. The second kappa shape index (κ2) is 4.99. The summed E-state index contributed by atoms with van der Waals surface area (Å²) < 4.78 is 2.22. The first-order valence-electron chi connectivity index (χ1n) is 6.22. The average Bonchev–Trinajstić information content (AvgIpc) is 2.94. The molecule has 4 heteroatoms. The molecule has 0 bridgehead atoms. The van der Waals surface area contributed by atoms with E-state index >= 15 is 0 Å². The third-order valence-corrected chi connectivity index (χ3v) is 4.54. The first-order valence-corrected chi connectivity index (χ1v) is 7.70. The second-order valence-electron chi connectivity index (χ2n) is 4.82. The minimum Gasteiger partial charge on any atom is -0.322 e. The lowest BCUT2D eigenvalue weighted by molar-refractivity contribution is 0.777. The van der Waals surface area contributed by atoms with E-state index in [-0.39, 0.29) is 0 Å². The van der Waals surface area contributed by atoms with Gasteiger partial charge in [-0.2, -0.15) is 11.3 Å². The van der Waals surface area contributed by atoms with E-state index in [1.807, 2.05) is 0 Å². The molecule has 0 N–H and O–H groups in total. The number of nitrogens with zero attached hydrogens (tertiary/aromatic N) is 2. The number of halogens is 1. The molecule has 0 radical (unpaired) electrons. The van der Waals surface area contributed by atoms with Crippen molar-refractivity contribution in [2.75, 3.05) is 0 Å². The Bertz CT molecular complexity index is 727. The summed E-state index contributed by atoms with van der Waals surface area (Å²) in [6.45, 7) is 5.08. The highest BCUT2D eigenvalue weighted by molar-refractivity contribution is 7.08. The zero-order valence-corrected chi connectivity index (χ0v) is 12.6. The van der Waals surface area contributed by atoms with Crippen molar-refractivity contribution < 1.29 is 0 Å². The van der Waals surface area contributed by atoms with Gasteiger partial charge in [0.25, 0.3) is 0 Å². The van der Waals surface area contributed by atoms with Crippen molar-refractivity contribution in [1.29, 1.82) is 0 Å². The van der Waals surface area contributed by atoms with Crippen molar-refractivity contribution in [3.8, 4) is 0 Å². The van der Waals surface area contributed by atoms with Gasteiger partial charge < -0.3 is 4.57 Å². The number of aryl methyl sites for hydroxylation is 2. The summed E-state index contributed by atoms with van der Waals surface area (Å²) in [4.78, 5) is 4.64. The topological polar surface area (TPSA) is 17.8 Å². The maximum Gasteiger partial charge on any atom is 0.125 e. The van der Waals surface area contributed by atoms with Gasteiger partial charge in [0.2, 0.25) is 0 Å². The molecule has 0 spiro atoms. The van der Waals surface area contributed by atoms with E-state index in [9.17, 15) is 0 Å². The lowest BCUT2D eigenvalue weighted by Crippen LogP contribution is -2.03. The highest BCUT2D eigenvalue weighted by Crippen LogP contribution is 2.22. The third kappa shape index (κ3) is 2.28. The van der Waals surface area contributed by atoms with Crippen LogP contribution in [0.25, 0.3) is 11.0 Å². The van der Waals surface area contributed by atoms with Crippen molar-refractivity contribution in [3.05, 3.63) is 51.5 Å². The number of imidazole rings is 1. The predicted molar refractivity (Wildman–Crippen MR) is 82.2 cm³/mol. The molecule has 0 aliphatic carbocycles. The molecular formula is C15H15ClN2S. The summed E-state index contributed by atoms with van der Waals surface area (Å²) in [6.07, 6.45) is 0. The Labute approximate surface area is 121 Å². The Morgan fingerprint density at radius 3 is 2.79 bits per heavy atom. The molecule has 2 aromatic heterocycles. The lowest BCUT2D eigenvalue weighted by Gasteiger charge is -2.07. The predicted octanol–water partition coefficient (Wildman–Crippen LogP) is 4.50.